The highest BCUT2D eigenvalue weighted by molar-refractivity contribution is 5.97. The van der Waals surface area contributed by atoms with Gasteiger partial charge < -0.3 is 19.7 Å². The average molecular weight is 344 g/mol. The van der Waals surface area contributed by atoms with Crippen molar-refractivity contribution in [2.45, 2.75) is 6.42 Å². The van der Waals surface area contributed by atoms with Gasteiger partial charge in [-0.25, -0.2) is 4.39 Å². The third-order valence-corrected chi connectivity index (χ3v) is 3.74. The van der Waals surface area contributed by atoms with Gasteiger partial charge in [0.15, 0.2) is 6.61 Å². The van der Waals surface area contributed by atoms with Gasteiger partial charge >= 0.3 is 0 Å². The van der Waals surface area contributed by atoms with Crippen LogP contribution in [0.2, 0.25) is 0 Å². The van der Waals surface area contributed by atoms with Gasteiger partial charge in [0, 0.05) is 12.7 Å². The van der Waals surface area contributed by atoms with Gasteiger partial charge in [0.1, 0.15) is 17.3 Å². The van der Waals surface area contributed by atoms with E-state index in [1.165, 1.54) is 29.2 Å². The summed E-state index contributed by atoms with van der Waals surface area (Å²) in [5.41, 5.74) is 1.12. The van der Waals surface area contributed by atoms with E-state index in [4.69, 9.17) is 9.47 Å². The second-order valence-corrected chi connectivity index (χ2v) is 5.52. The monoisotopic (exact) mass is 344 g/mol. The summed E-state index contributed by atoms with van der Waals surface area (Å²) in [5.74, 6) is 0.198. The molecule has 0 unspecified atom stereocenters. The zero-order valence-electron chi connectivity index (χ0n) is 13.6. The lowest BCUT2D eigenvalue weighted by Crippen LogP contribution is -2.25. The lowest BCUT2D eigenvalue weighted by atomic mass is 10.2. The summed E-state index contributed by atoms with van der Waals surface area (Å²) >= 11 is 0. The molecule has 6 nitrogen and oxygen atoms in total. The van der Waals surface area contributed by atoms with Crippen molar-refractivity contribution in [3.05, 3.63) is 48.3 Å². The molecule has 2 aromatic carbocycles. The number of hydrogen-bond donors (Lipinski definition) is 1. The van der Waals surface area contributed by atoms with Crippen LogP contribution < -0.4 is 19.7 Å². The van der Waals surface area contributed by atoms with E-state index < -0.39 is 0 Å². The van der Waals surface area contributed by atoms with Crippen LogP contribution >= 0.6 is 0 Å². The van der Waals surface area contributed by atoms with Gasteiger partial charge in [-0.05, 0) is 42.5 Å². The van der Waals surface area contributed by atoms with E-state index in [2.05, 4.69) is 5.32 Å². The minimum Gasteiger partial charge on any atom is -0.491 e. The normalized spacial score (nSPS) is 13.5. The summed E-state index contributed by atoms with van der Waals surface area (Å²) in [4.78, 5) is 25.4. The molecule has 0 saturated heterocycles. The van der Waals surface area contributed by atoms with E-state index in [1.807, 2.05) is 0 Å². The maximum atomic E-state index is 12.8. The number of amides is 2. The Morgan fingerprint density at radius 3 is 2.80 bits per heavy atom. The Balaban J connectivity index is 1.64. The van der Waals surface area contributed by atoms with Crippen molar-refractivity contribution in [2.75, 3.05) is 30.5 Å². The van der Waals surface area contributed by atoms with Gasteiger partial charge in [-0.2, -0.15) is 0 Å². The third kappa shape index (κ3) is 4.06. The Morgan fingerprint density at radius 1 is 1.28 bits per heavy atom. The van der Waals surface area contributed by atoms with Gasteiger partial charge in [0.05, 0.1) is 18.7 Å². The lowest BCUT2D eigenvalue weighted by molar-refractivity contribution is -0.119. The summed E-state index contributed by atoms with van der Waals surface area (Å²) in [7, 11) is 1.67. The zero-order chi connectivity index (χ0) is 17.8. The van der Waals surface area contributed by atoms with Crippen LogP contribution in [0.1, 0.15) is 6.42 Å². The molecule has 3 rings (SSSR count). The highest BCUT2D eigenvalue weighted by atomic mass is 19.1. The van der Waals surface area contributed by atoms with E-state index in [-0.39, 0.29) is 24.2 Å². The largest absolute Gasteiger partial charge is 0.491 e. The fourth-order valence-electron chi connectivity index (χ4n) is 2.41. The maximum Gasteiger partial charge on any atom is 0.262 e. The zero-order valence-corrected chi connectivity index (χ0v) is 13.6. The van der Waals surface area contributed by atoms with E-state index in [9.17, 15) is 14.0 Å². The standard InChI is InChI=1S/C18H17FN2O4/c1-21-15-10-13(4-7-16(15)24-9-8-18(21)23)20-17(22)11-25-14-5-2-12(19)3-6-14/h2-7,10H,8-9,11H2,1H3,(H,20,22). The molecule has 0 aliphatic carbocycles. The molecule has 0 atom stereocenters. The molecule has 25 heavy (non-hydrogen) atoms. The Bertz CT molecular complexity index is 792. The van der Waals surface area contributed by atoms with Crippen LogP contribution in [0.25, 0.3) is 0 Å². The van der Waals surface area contributed by atoms with Crippen molar-refractivity contribution in [3.63, 3.8) is 0 Å². The average Bonchev–Trinajstić information content (AvgIpc) is 2.74. The first kappa shape index (κ1) is 16.8. The van der Waals surface area contributed by atoms with E-state index in [1.54, 1.807) is 25.2 Å². The first-order valence-corrected chi connectivity index (χ1v) is 7.74. The topological polar surface area (TPSA) is 67.9 Å². The molecule has 2 aromatic rings. The minimum absolute atomic E-state index is 0.0538. The minimum atomic E-state index is -0.373. The van der Waals surface area contributed by atoms with E-state index in [0.717, 1.165) is 0 Å². The molecule has 0 radical (unpaired) electrons. The molecule has 7 heteroatoms. The predicted octanol–water partition coefficient (Wildman–Crippen LogP) is 2.59. The van der Waals surface area contributed by atoms with Crippen LogP contribution in [-0.4, -0.2) is 32.1 Å². The molecule has 0 saturated carbocycles. The second kappa shape index (κ2) is 7.21. The molecule has 0 aromatic heterocycles. The molecule has 1 N–H and O–H groups in total. The Kier molecular flexibility index (Phi) is 4.83. The number of anilines is 2. The fourth-order valence-corrected chi connectivity index (χ4v) is 2.41. The molecule has 1 heterocycles. The number of hydrogen-bond acceptors (Lipinski definition) is 4. The summed E-state index contributed by atoms with van der Waals surface area (Å²) < 4.78 is 23.7. The number of benzene rings is 2. The first-order valence-electron chi connectivity index (χ1n) is 7.74. The molecule has 2 amide bonds. The third-order valence-electron chi connectivity index (χ3n) is 3.74. The summed E-state index contributed by atoms with van der Waals surface area (Å²) in [5, 5.41) is 2.70. The first-order chi connectivity index (χ1) is 12.0. The van der Waals surface area contributed by atoms with Crippen molar-refractivity contribution in [1.82, 2.24) is 0 Å². The number of fused-ring (bicyclic) bond motifs is 1. The van der Waals surface area contributed by atoms with E-state index >= 15 is 0 Å². The Hall–Kier alpha value is -3.09. The molecular formula is C18H17FN2O4. The van der Waals surface area contributed by atoms with Crippen molar-refractivity contribution < 1.29 is 23.5 Å². The second-order valence-electron chi connectivity index (χ2n) is 5.52. The van der Waals surface area contributed by atoms with Gasteiger partial charge in [-0.15, -0.1) is 0 Å². The van der Waals surface area contributed by atoms with Gasteiger partial charge in [-0.1, -0.05) is 0 Å². The molecule has 0 fully saturated rings. The van der Waals surface area contributed by atoms with Gasteiger partial charge in [-0.3, -0.25) is 9.59 Å². The van der Waals surface area contributed by atoms with Crippen molar-refractivity contribution in [3.8, 4) is 11.5 Å². The number of carbonyl (C=O) groups excluding carboxylic acids is 2. The Morgan fingerprint density at radius 2 is 2.04 bits per heavy atom. The molecular weight excluding hydrogens is 327 g/mol. The van der Waals surface area contributed by atoms with Crippen LogP contribution in [0.3, 0.4) is 0 Å². The summed E-state index contributed by atoms with van der Waals surface area (Å²) in [6.45, 7) is 0.112. The SMILES string of the molecule is CN1C(=O)CCOc2ccc(NC(=O)COc3ccc(F)cc3)cc21. The highest BCUT2D eigenvalue weighted by Crippen LogP contribution is 2.33. The Labute approximate surface area is 144 Å². The number of ether oxygens (including phenoxy) is 2. The van der Waals surface area contributed by atoms with Crippen LogP contribution in [-0.2, 0) is 9.59 Å². The lowest BCUT2D eigenvalue weighted by Gasteiger charge is -2.17. The summed E-state index contributed by atoms with van der Waals surface area (Å²) in [6, 6.07) is 10.5. The van der Waals surface area contributed by atoms with Crippen LogP contribution in [0.4, 0.5) is 15.8 Å². The van der Waals surface area contributed by atoms with Crippen molar-refractivity contribution >= 4 is 23.2 Å². The quantitative estimate of drug-likeness (QED) is 0.926. The molecule has 0 spiro atoms. The smallest absolute Gasteiger partial charge is 0.262 e. The maximum absolute atomic E-state index is 12.8. The van der Waals surface area contributed by atoms with Gasteiger partial charge in [0.2, 0.25) is 5.91 Å². The predicted molar refractivity (Wildman–Crippen MR) is 90.5 cm³/mol. The van der Waals surface area contributed by atoms with E-state index in [0.29, 0.717) is 35.9 Å². The molecule has 130 valence electrons. The number of carbonyl (C=O) groups is 2. The molecule has 1 aliphatic rings. The fraction of sp³-hybridized carbons (Fsp3) is 0.222. The van der Waals surface area contributed by atoms with Crippen LogP contribution in [0.15, 0.2) is 42.5 Å². The highest BCUT2D eigenvalue weighted by Gasteiger charge is 2.20. The number of nitrogens with zero attached hydrogens (tertiary/aromatic N) is 1. The van der Waals surface area contributed by atoms with Gasteiger partial charge in [0.25, 0.3) is 5.91 Å². The van der Waals surface area contributed by atoms with Crippen LogP contribution in [0.5, 0.6) is 11.5 Å². The molecule has 0 bridgehead atoms. The number of halogens is 1. The summed E-state index contributed by atoms with van der Waals surface area (Å²) in [6.07, 6.45) is 0.304. The van der Waals surface area contributed by atoms with Crippen LogP contribution in [0, 0.1) is 5.82 Å². The molecule has 1 aliphatic heterocycles. The number of rotatable bonds is 4. The van der Waals surface area contributed by atoms with Crippen molar-refractivity contribution in [1.29, 1.82) is 0 Å². The number of nitrogens with one attached hydrogen (secondary N) is 1. The van der Waals surface area contributed by atoms with Crippen molar-refractivity contribution in [2.24, 2.45) is 0 Å².